The zero-order valence-corrected chi connectivity index (χ0v) is 12.3. The number of hydrogen-bond acceptors (Lipinski definition) is 2. The molecule has 0 radical (unpaired) electrons. The molecule has 0 fully saturated rings. The molecule has 0 aromatic carbocycles. The minimum atomic E-state index is 0.189. The molecule has 0 rings (SSSR count). The van der Waals surface area contributed by atoms with E-state index in [0.717, 1.165) is 5.92 Å². The van der Waals surface area contributed by atoms with E-state index in [1.54, 1.807) is 0 Å². The number of hydrogen-bond donors (Lipinski definition) is 1. The number of ether oxygens (including phenoxy) is 1. The Morgan fingerprint density at radius 2 is 1.62 bits per heavy atom. The van der Waals surface area contributed by atoms with Crippen molar-refractivity contribution >= 4 is 0 Å². The van der Waals surface area contributed by atoms with Crippen molar-refractivity contribution in [2.24, 2.45) is 11.3 Å². The van der Waals surface area contributed by atoms with Gasteiger partial charge in [0.2, 0.25) is 0 Å². The van der Waals surface area contributed by atoms with E-state index in [1.165, 1.54) is 19.3 Å². The Kier molecular flexibility index (Phi) is 7.25. The van der Waals surface area contributed by atoms with Crippen LogP contribution < -0.4 is 5.32 Å². The van der Waals surface area contributed by atoms with Gasteiger partial charge in [-0.2, -0.15) is 0 Å². The van der Waals surface area contributed by atoms with Gasteiger partial charge in [-0.3, -0.25) is 0 Å². The molecule has 2 unspecified atom stereocenters. The average Bonchev–Trinajstić information content (AvgIpc) is 2.22. The minimum Gasteiger partial charge on any atom is -0.379 e. The molecule has 0 amide bonds. The number of methoxy groups -OCH3 is 1. The fourth-order valence-electron chi connectivity index (χ4n) is 2.50. The standard InChI is InChI=1S/C14H31NO/c1-8-11(9-2)10-12(15-6)13(16-7)14(3,4)5/h11-13,15H,8-10H2,1-7H3. The third kappa shape index (κ3) is 4.84. The van der Waals surface area contributed by atoms with Gasteiger partial charge in [0.15, 0.2) is 0 Å². The summed E-state index contributed by atoms with van der Waals surface area (Å²) in [4.78, 5) is 0. The van der Waals surface area contributed by atoms with Crippen LogP contribution in [0.4, 0.5) is 0 Å². The molecule has 0 aromatic rings. The van der Waals surface area contributed by atoms with E-state index in [2.05, 4.69) is 39.9 Å². The quantitative estimate of drug-likeness (QED) is 0.722. The van der Waals surface area contributed by atoms with Crippen molar-refractivity contribution in [3.63, 3.8) is 0 Å². The van der Waals surface area contributed by atoms with Crippen molar-refractivity contribution in [1.82, 2.24) is 5.32 Å². The lowest BCUT2D eigenvalue weighted by molar-refractivity contribution is -0.0153. The molecule has 2 heteroatoms. The minimum absolute atomic E-state index is 0.189. The first kappa shape index (κ1) is 15.9. The Morgan fingerprint density at radius 1 is 1.12 bits per heavy atom. The summed E-state index contributed by atoms with van der Waals surface area (Å²) in [5.74, 6) is 0.803. The fourth-order valence-corrected chi connectivity index (χ4v) is 2.50. The zero-order chi connectivity index (χ0) is 12.8. The molecule has 2 atom stereocenters. The van der Waals surface area contributed by atoms with Crippen LogP contribution in [0, 0.1) is 11.3 Å². The average molecular weight is 229 g/mol. The lowest BCUT2D eigenvalue weighted by Crippen LogP contribution is -2.47. The van der Waals surface area contributed by atoms with Crippen LogP contribution in [0.2, 0.25) is 0 Å². The molecular weight excluding hydrogens is 198 g/mol. The van der Waals surface area contributed by atoms with Gasteiger partial charge >= 0.3 is 0 Å². The smallest absolute Gasteiger partial charge is 0.0772 e. The maximum atomic E-state index is 5.70. The maximum Gasteiger partial charge on any atom is 0.0772 e. The summed E-state index contributed by atoms with van der Waals surface area (Å²) in [6.45, 7) is 11.3. The van der Waals surface area contributed by atoms with Gasteiger partial charge in [-0.1, -0.05) is 47.5 Å². The van der Waals surface area contributed by atoms with Crippen molar-refractivity contribution in [2.75, 3.05) is 14.2 Å². The SMILES string of the molecule is CCC(CC)CC(NC)C(OC)C(C)(C)C. The summed E-state index contributed by atoms with van der Waals surface area (Å²) in [5, 5.41) is 3.43. The summed E-state index contributed by atoms with van der Waals surface area (Å²) in [6, 6.07) is 0.454. The van der Waals surface area contributed by atoms with Crippen molar-refractivity contribution in [3.05, 3.63) is 0 Å². The van der Waals surface area contributed by atoms with Gasteiger partial charge in [0.1, 0.15) is 0 Å². The highest BCUT2D eigenvalue weighted by Crippen LogP contribution is 2.28. The molecule has 0 aliphatic rings. The number of nitrogens with one attached hydrogen (secondary N) is 1. The Hall–Kier alpha value is -0.0800. The number of rotatable bonds is 7. The lowest BCUT2D eigenvalue weighted by atomic mass is 9.80. The molecule has 1 N–H and O–H groups in total. The van der Waals surface area contributed by atoms with E-state index in [-0.39, 0.29) is 11.5 Å². The van der Waals surface area contributed by atoms with Crippen LogP contribution in [0.25, 0.3) is 0 Å². The molecule has 0 aromatic heterocycles. The van der Waals surface area contributed by atoms with Crippen molar-refractivity contribution in [2.45, 2.75) is 66.0 Å². The molecule has 0 aliphatic carbocycles. The molecular formula is C14H31NO. The van der Waals surface area contributed by atoms with Crippen LogP contribution in [-0.2, 0) is 4.74 Å². The second-order valence-electron chi connectivity index (χ2n) is 5.84. The van der Waals surface area contributed by atoms with Crippen LogP contribution in [-0.4, -0.2) is 26.3 Å². The van der Waals surface area contributed by atoms with E-state index in [1.807, 2.05) is 14.2 Å². The predicted octanol–water partition coefficient (Wildman–Crippen LogP) is 3.46. The summed E-state index contributed by atoms with van der Waals surface area (Å²) >= 11 is 0. The van der Waals surface area contributed by atoms with Crippen LogP contribution >= 0.6 is 0 Å². The van der Waals surface area contributed by atoms with Crippen molar-refractivity contribution < 1.29 is 4.74 Å². The highest BCUT2D eigenvalue weighted by Gasteiger charge is 2.32. The fraction of sp³-hybridized carbons (Fsp3) is 1.00. The topological polar surface area (TPSA) is 21.3 Å². The van der Waals surface area contributed by atoms with E-state index < -0.39 is 0 Å². The van der Waals surface area contributed by atoms with Gasteiger partial charge in [0.05, 0.1) is 6.10 Å². The molecule has 0 spiro atoms. The first-order valence-corrected chi connectivity index (χ1v) is 6.60. The highest BCUT2D eigenvalue weighted by atomic mass is 16.5. The van der Waals surface area contributed by atoms with Crippen molar-refractivity contribution in [3.8, 4) is 0 Å². The van der Waals surface area contributed by atoms with Crippen LogP contribution in [0.15, 0.2) is 0 Å². The second kappa shape index (κ2) is 7.29. The molecule has 98 valence electrons. The monoisotopic (exact) mass is 229 g/mol. The van der Waals surface area contributed by atoms with Crippen LogP contribution in [0.5, 0.6) is 0 Å². The lowest BCUT2D eigenvalue weighted by Gasteiger charge is -2.37. The molecule has 16 heavy (non-hydrogen) atoms. The third-order valence-electron chi connectivity index (χ3n) is 3.59. The summed E-state index contributed by atoms with van der Waals surface area (Å²) < 4.78 is 5.70. The summed E-state index contributed by atoms with van der Waals surface area (Å²) in [6.07, 6.45) is 4.00. The number of likely N-dealkylation sites (N-methyl/N-ethyl adjacent to an activating group) is 1. The Balaban J connectivity index is 4.56. The van der Waals surface area contributed by atoms with Crippen LogP contribution in [0.3, 0.4) is 0 Å². The molecule has 0 saturated heterocycles. The summed E-state index contributed by atoms with van der Waals surface area (Å²) in [5.41, 5.74) is 0.189. The first-order chi connectivity index (χ1) is 7.40. The van der Waals surface area contributed by atoms with Gasteiger partial charge in [0.25, 0.3) is 0 Å². The molecule has 0 aliphatic heterocycles. The third-order valence-corrected chi connectivity index (χ3v) is 3.59. The zero-order valence-electron chi connectivity index (χ0n) is 12.3. The van der Waals surface area contributed by atoms with Gasteiger partial charge in [-0.15, -0.1) is 0 Å². The van der Waals surface area contributed by atoms with E-state index in [0.29, 0.717) is 6.04 Å². The Labute approximate surface area is 102 Å². The predicted molar refractivity (Wildman–Crippen MR) is 71.8 cm³/mol. The Morgan fingerprint density at radius 3 is 1.88 bits per heavy atom. The van der Waals surface area contributed by atoms with Gasteiger partial charge < -0.3 is 10.1 Å². The summed E-state index contributed by atoms with van der Waals surface area (Å²) in [7, 11) is 3.87. The normalized spacial score (nSPS) is 16.5. The van der Waals surface area contributed by atoms with Gasteiger partial charge in [-0.05, 0) is 24.8 Å². The maximum absolute atomic E-state index is 5.70. The second-order valence-corrected chi connectivity index (χ2v) is 5.84. The highest BCUT2D eigenvalue weighted by molar-refractivity contribution is 4.86. The Bertz CT molecular complexity index is 170. The van der Waals surface area contributed by atoms with E-state index in [4.69, 9.17) is 4.74 Å². The first-order valence-electron chi connectivity index (χ1n) is 6.60. The molecule has 0 saturated carbocycles. The largest absolute Gasteiger partial charge is 0.379 e. The molecule has 0 bridgehead atoms. The van der Waals surface area contributed by atoms with Crippen LogP contribution in [0.1, 0.15) is 53.9 Å². The van der Waals surface area contributed by atoms with Gasteiger partial charge in [-0.25, -0.2) is 0 Å². The van der Waals surface area contributed by atoms with Gasteiger partial charge in [0, 0.05) is 13.2 Å². The molecule has 2 nitrogen and oxygen atoms in total. The van der Waals surface area contributed by atoms with E-state index >= 15 is 0 Å². The van der Waals surface area contributed by atoms with Crippen molar-refractivity contribution in [1.29, 1.82) is 0 Å². The van der Waals surface area contributed by atoms with E-state index in [9.17, 15) is 0 Å². The molecule has 0 heterocycles.